The van der Waals surface area contributed by atoms with Gasteiger partial charge in [-0.15, -0.1) is 0 Å². The van der Waals surface area contributed by atoms with Crippen LogP contribution < -0.4 is 5.32 Å². The Kier molecular flexibility index (Phi) is 3.99. The molecule has 0 bridgehead atoms. The molecule has 1 fully saturated rings. The number of nitrogens with zero attached hydrogens (tertiary/aromatic N) is 3. The monoisotopic (exact) mass is 264 g/mol. The second kappa shape index (κ2) is 5.52. The lowest BCUT2D eigenvalue weighted by Gasteiger charge is -2.23. The average molecular weight is 264 g/mol. The van der Waals surface area contributed by atoms with Crippen LogP contribution in [-0.4, -0.2) is 53.6 Å². The third-order valence-electron chi connectivity index (χ3n) is 3.20. The van der Waals surface area contributed by atoms with E-state index < -0.39 is 0 Å². The summed E-state index contributed by atoms with van der Waals surface area (Å²) in [5, 5.41) is 3.19. The molecule has 6 heteroatoms. The van der Waals surface area contributed by atoms with Crippen molar-refractivity contribution in [1.29, 1.82) is 0 Å². The first-order chi connectivity index (χ1) is 9.00. The van der Waals surface area contributed by atoms with Crippen molar-refractivity contribution in [3.63, 3.8) is 0 Å². The maximum absolute atomic E-state index is 11.8. The van der Waals surface area contributed by atoms with Crippen LogP contribution >= 0.6 is 0 Å². The Balaban J connectivity index is 2.01. The highest BCUT2D eigenvalue weighted by molar-refractivity contribution is 5.91. The molecule has 2 heterocycles. The Morgan fingerprint density at radius 1 is 1.53 bits per heavy atom. The molecular formula is C13H20N4O2. The van der Waals surface area contributed by atoms with Crippen molar-refractivity contribution in [2.75, 3.05) is 32.6 Å². The molecule has 19 heavy (non-hydrogen) atoms. The fraction of sp³-hybridized carbons (Fsp3) is 0.615. The number of ether oxygens (including phenoxy) is 1. The Morgan fingerprint density at radius 2 is 2.32 bits per heavy atom. The van der Waals surface area contributed by atoms with Gasteiger partial charge in [0.05, 0.1) is 18.0 Å². The zero-order valence-corrected chi connectivity index (χ0v) is 11.6. The van der Waals surface area contributed by atoms with Crippen molar-refractivity contribution in [3.05, 3.63) is 18.1 Å². The van der Waals surface area contributed by atoms with Gasteiger partial charge in [-0.3, -0.25) is 9.78 Å². The van der Waals surface area contributed by atoms with E-state index in [4.69, 9.17) is 4.74 Å². The molecule has 104 valence electrons. The van der Waals surface area contributed by atoms with Gasteiger partial charge in [0.2, 0.25) is 0 Å². The topological polar surface area (TPSA) is 67.4 Å². The molecule has 6 nitrogen and oxygen atoms in total. The van der Waals surface area contributed by atoms with Gasteiger partial charge >= 0.3 is 0 Å². The molecule has 1 saturated heterocycles. The van der Waals surface area contributed by atoms with Crippen molar-refractivity contribution in [1.82, 2.24) is 14.9 Å². The maximum atomic E-state index is 11.8. The van der Waals surface area contributed by atoms with Crippen LogP contribution in [0, 0.1) is 0 Å². The normalized spacial score (nSPS) is 22.3. The number of carbonyl (C=O) groups excluding carboxylic acids is 1. The van der Waals surface area contributed by atoms with Gasteiger partial charge in [0.25, 0.3) is 5.91 Å². The number of nitrogens with one attached hydrogen (secondary N) is 1. The van der Waals surface area contributed by atoms with Crippen LogP contribution in [0.5, 0.6) is 0 Å². The molecule has 0 radical (unpaired) electrons. The minimum Gasteiger partial charge on any atom is -0.373 e. The van der Waals surface area contributed by atoms with Crippen molar-refractivity contribution in [2.24, 2.45) is 0 Å². The van der Waals surface area contributed by atoms with Crippen molar-refractivity contribution in [3.8, 4) is 0 Å². The zero-order chi connectivity index (χ0) is 13.9. The largest absolute Gasteiger partial charge is 0.373 e. The molecule has 1 aliphatic rings. The Hall–Kier alpha value is -1.69. The first-order valence-corrected chi connectivity index (χ1v) is 6.42. The van der Waals surface area contributed by atoms with E-state index in [-0.39, 0.29) is 11.5 Å². The fourth-order valence-electron chi connectivity index (χ4n) is 2.04. The minimum absolute atomic E-state index is 0.150. The number of amides is 1. The van der Waals surface area contributed by atoms with E-state index in [1.54, 1.807) is 20.3 Å². The molecule has 0 aromatic carbocycles. The first-order valence-electron chi connectivity index (χ1n) is 6.42. The van der Waals surface area contributed by atoms with Gasteiger partial charge in [-0.25, -0.2) is 4.98 Å². The van der Waals surface area contributed by atoms with Crippen LogP contribution in [0.1, 0.15) is 30.3 Å². The summed E-state index contributed by atoms with van der Waals surface area (Å²) in [7, 11) is 3.38. The van der Waals surface area contributed by atoms with Crippen LogP contribution in [0.3, 0.4) is 0 Å². The number of anilines is 1. The summed E-state index contributed by atoms with van der Waals surface area (Å²) >= 11 is 0. The molecule has 0 unspecified atom stereocenters. The van der Waals surface area contributed by atoms with E-state index in [2.05, 4.69) is 22.2 Å². The molecule has 1 N–H and O–H groups in total. The van der Waals surface area contributed by atoms with E-state index in [0.29, 0.717) is 18.1 Å². The Bertz CT molecular complexity index is 456. The predicted octanol–water partition coefficient (Wildman–Crippen LogP) is 1.16. The molecule has 2 rings (SSSR count). The second-order valence-electron chi connectivity index (χ2n) is 5.24. The molecule has 1 atom stereocenters. The molecule has 1 aliphatic heterocycles. The molecular weight excluding hydrogens is 244 g/mol. The number of aromatic nitrogens is 2. The lowest BCUT2D eigenvalue weighted by atomic mass is 10.0. The summed E-state index contributed by atoms with van der Waals surface area (Å²) in [6, 6.07) is 0. The van der Waals surface area contributed by atoms with Gasteiger partial charge in [-0.2, -0.15) is 0 Å². The van der Waals surface area contributed by atoms with Crippen LogP contribution in [0.15, 0.2) is 12.4 Å². The highest BCUT2D eigenvalue weighted by atomic mass is 16.5. The van der Waals surface area contributed by atoms with Gasteiger partial charge in [0, 0.05) is 27.2 Å². The smallest absolute Gasteiger partial charge is 0.273 e. The summed E-state index contributed by atoms with van der Waals surface area (Å²) in [6.45, 7) is 3.56. The third-order valence-corrected chi connectivity index (χ3v) is 3.20. The number of hydrogen-bond acceptors (Lipinski definition) is 5. The highest BCUT2D eigenvalue weighted by Crippen LogP contribution is 2.25. The SMILES string of the molecule is CN(C)C(=O)c1cncc(NC[C@@]2(C)CCCO2)n1. The molecule has 1 amide bonds. The summed E-state index contributed by atoms with van der Waals surface area (Å²) in [6.07, 6.45) is 5.21. The number of rotatable bonds is 4. The first kappa shape index (κ1) is 13.7. The van der Waals surface area contributed by atoms with Crippen LogP contribution in [0.25, 0.3) is 0 Å². The summed E-state index contributed by atoms with van der Waals surface area (Å²) in [4.78, 5) is 21.6. The van der Waals surface area contributed by atoms with Crippen LogP contribution in [0.2, 0.25) is 0 Å². The fourth-order valence-corrected chi connectivity index (χ4v) is 2.04. The van der Waals surface area contributed by atoms with Crippen LogP contribution in [0.4, 0.5) is 5.82 Å². The molecule has 0 saturated carbocycles. The average Bonchev–Trinajstić information content (AvgIpc) is 2.83. The van der Waals surface area contributed by atoms with E-state index in [9.17, 15) is 4.79 Å². The van der Waals surface area contributed by atoms with E-state index in [1.807, 2.05) is 0 Å². The maximum Gasteiger partial charge on any atom is 0.273 e. The summed E-state index contributed by atoms with van der Waals surface area (Å²) in [5.74, 6) is 0.448. The molecule has 1 aromatic rings. The van der Waals surface area contributed by atoms with Gasteiger partial charge in [0.15, 0.2) is 0 Å². The van der Waals surface area contributed by atoms with E-state index in [0.717, 1.165) is 19.4 Å². The lowest BCUT2D eigenvalue weighted by Crippen LogP contribution is -2.33. The zero-order valence-electron chi connectivity index (χ0n) is 11.6. The Labute approximate surface area is 113 Å². The molecule has 0 aliphatic carbocycles. The summed E-state index contributed by atoms with van der Waals surface area (Å²) in [5.41, 5.74) is 0.191. The standard InChI is InChI=1S/C13H20N4O2/c1-13(5-4-6-19-13)9-15-11-8-14-7-10(16-11)12(18)17(2)3/h7-8H,4-6,9H2,1-3H3,(H,15,16)/t13-/m1/s1. The molecule has 1 aromatic heterocycles. The second-order valence-corrected chi connectivity index (χ2v) is 5.24. The quantitative estimate of drug-likeness (QED) is 0.884. The van der Waals surface area contributed by atoms with Crippen molar-refractivity contribution >= 4 is 11.7 Å². The van der Waals surface area contributed by atoms with Gasteiger partial charge < -0.3 is 15.0 Å². The Morgan fingerprint density at radius 3 is 2.95 bits per heavy atom. The van der Waals surface area contributed by atoms with E-state index in [1.165, 1.54) is 11.1 Å². The minimum atomic E-state index is -0.153. The highest BCUT2D eigenvalue weighted by Gasteiger charge is 2.29. The van der Waals surface area contributed by atoms with Crippen molar-refractivity contribution < 1.29 is 9.53 Å². The van der Waals surface area contributed by atoms with Crippen LogP contribution in [-0.2, 0) is 4.74 Å². The van der Waals surface area contributed by atoms with Crippen molar-refractivity contribution in [2.45, 2.75) is 25.4 Å². The van der Waals surface area contributed by atoms with Gasteiger partial charge in [0.1, 0.15) is 11.5 Å². The van der Waals surface area contributed by atoms with Gasteiger partial charge in [-0.05, 0) is 19.8 Å². The predicted molar refractivity (Wildman–Crippen MR) is 72.1 cm³/mol. The third kappa shape index (κ3) is 3.41. The lowest BCUT2D eigenvalue weighted by molar-refractivity contribution is 0.0314. The number of carbonyl (C=O) groups is 1. The van der Waals surface area contributed by atoms with Gasteiger partial charge in [-0.1, -0.05) is 0 Å². The van der Waals surface area contributed by atoms with E-state index >= 15 is 0 Å². The summed E-state index contributed by atoms with van der Waals surface area (Å²) < 4.78 is 5.69. The molecule has 0 spiro atoms. The number of hydrogen-bond donors (Lipinski definition) is 1.